The molecule has 0 aliphatic heterocycles. The number of rotatable bonds is 5. The summed E-state index contributed by atoms with van der Waals surface area (Å²) in [7, 11) is 0. The molecule has 2 rings (SSSR count). The second kappa shape index (κ2) is 5.71. The third-order valence-corrected chi connectivity index (χ3v) is 3.04. The van der Waals surface area contributed by atoms with Crippen LogP contribution in [-0.2, 0) is 0 Å². The van der Waals surface area contributed by atoms with Crippen LogP contribution in [0, 0.1) is 0 Å². The van der Waals surface area contributed by atoms with Gasteiger partial charge in [0.1, 0.15) is 0 Å². The molecule has 0 aliphatic rings. The second-order valence-corrected chi connectivity index (χ2v) is 4.54. The number of ketones is 2. The number of carbonyl (C=O) groups excluding carboxylic acids is 2. The number of alkyl halides is 4. The van der Waals surface area contributed by atoms with E-state index in [1.165, 1.54) is 36.4 Å². The van der Waals surface area contributed by atoms with Crippen molar-refractivity contribution in [3.05, 3.63) is 71.8 Å². The molecular formula is C16H10F4O2. The Morgan fingerprint density at radius 2 is 0.864 bits per heavy atom. The van der Waals surface area contributed by atoms with Crippen molar-refractivity contribution in [1.29, 1.82) is 0 Å². The van der Waals surface area contributed by atoms with Crippen molar-refractivity contribution in [3.8, 4) is 0 Å². The molecule has 2 nitrogen and oxygen atoms in total. The second-order valence-electron chi connectivity index (χ2n) is 4.54. The molecule has 0 heterocycles. The first-order chi connectivity index (χ1) is 10.3. The molecule has 0 saturated heterocycles. The minimum absolute atomic E-state index is 0.590. The highest BCUT2D eigenvalue weighted by atomic mass is 19.3. The fraction of sp³-hybridized carbons (Fsp3) is 0.125. The van der Waals surface area contributed by atoms with Gasteiger partial charge in [-0.3, -0.25) is 9.59 Å². The molecule has 0 fully saturated rings. The lowest BCUT2D eigenvalue weighted by molar-refractivity contribution is -0.147. The van der Waals surface area contributed by atoms with Gasteiger partial charge in [0.05, 0.1) is 0 Å². The average molecular weight is 310 g/mol. The molecule has 2 aromatic carbocycles. The molecule has 22 heavy (non-hydrogen) atoms. The summed E-state index contributed by atoms with van der Waals surface area (Å²) < 4.78 is 55.6. The maximum atomic E-state index is 13.9. The number of halogens is 4. The third-order valence-electron chi connectivity index (χ3n) is 3.04. The van der Waals surface area contributed by atoms with Crippen LogP contribution < -0.4 is 0 Å². The van der Waals surface area contributed by atoms with E-state index >= 15 is 0 Å². The summed E-state index contributed by atoms with van der Waals surface area (Å²) >= 11 is 0. The molecule has 0 atom stereocenters. The van der Waals surface area contributed by atoms with E-state index in [0.29, 0.717) is 0 Å². The van der Waals surface area contributed by atoms with Crippen LogP contribution in [0.2, 0.25) is 0 Å². The first-order valence-electron chi connectivity index (χ1n) is 6.24. The summed E-state index contributed by atoms with van der Waals surface area (Å²) in [5.74, 6) is -14.5. The molecule has 0 spiro atoms. The standard InChI is InChI=1S/C16H10F4O2/c17-15(18,13(21)11-7-3-1-4-8-11)16(19,20)14(22)12-9-5-2-6-10-12/h1-10H. The number of hydrogen-bond donors (Lipinski definition) is 0. The van der Waals surface area contributed by atoms with Crippen molar-refractivity contribution < 1.29 is 27.2 Å². The highest BCUT2D eigenvalue weighted by molar-refractivity contribution is 6.10. The van der Waals surface area contributed by atoms with Gasteiger partial charge in [0.15, 0.2) is 0 Å². The summed E-state index contributed by atoms with van der Waals surface area (Å²) in [5, 5.41) is 0. The van der Waals surface area contributed by atoms with Gasteiger partial charge in [0, 0.05) is 11.1 Å². The fourth-order valence-corrected chi connectivity index (χ4v) is 1.83. The van der Waals surface area contributed by atoms with Crippen molar-refractivity contribution in [2.24, 2.45) is 0 Å². The van der Waals surface area contributed by atoms with E-state index in [0.717, 1.165) is 24.3 Å². The largest absolute Gasteiger partial charge is 0.379 e. The monoisotopic (exact) mass is 310 g/mol. The summed E-state index contributed by atoms with van der Waals surface area (Å²) in [6.07, 6.45) is 0. The minimum Gasteiger partial charge on any atom is -0.287 e. The van der Waals surface area contributed by atoms with Crippen LogP contribution in [0.25, 0.3) is 0 Å². The van der Waals surface area contributed by atoms with E-state index in [4.69, 9.17) is 0 Å². The van der Waals surface area contributed by atoms with E-state index in [2.05, 4.69) is 0 Å². The Morgan fingerprint density at radius 1 is 0.591 bits per heavy atom. The van der Waals surface area contributed by atoms with Gasteiger partial charge in [-0.1, -0.05) is 60.7 Å². The first-order valence-corrected chi connectivity index (χ1v) is 6.24. The average Bonchev–Trinajstić information content (AvgIpc) is 2.54. The van der Waals surface area contributed by atoms with Crippen LogP contribution in [0.1, 0.15) is 20.7 Å². The van der Waals surface area contributed by atoms with Crippen LogP contribution in [0.15, 0.2) is 60.7 Å². The molecule has 0 aliphatic carbocycles. The van der Waals surface area contributed by atoms with Gasteiger partial charge in [-0.2, -0.15) is 17.6 Å². The zero-order valence-electron chi connectivity index (χ0n) is 11.1. The summed E-state index contributed by atoms with van der Waals surface area (Å²) in [6, 6.07) is 11.9. The molecule has 6 heteroatoms. The molecular weight excluding hydrogens is 300 g/mol. The summed E-state index contributed by atoms with van der Waals surface area (Å²) in [4.78, 5) is 23.3. The number of Topliss-reactive ketones (excluding diaryl/α,β-unsaturated/α-hetero) is 2. The maximum Gasteiger partial charge on any atom is 0.379 e. The highest BCUT2D eigenvalue weighted by Gasteiger charge is 2.66. The molecule has 0 unspecified atom stereocenters. The topological polar surface area (TPSA) is 34.1 Å². The number of hydrogen-bond acceptors (Lipinski definition) is 2. The molecule has 0 saturated carbocycles. The molecule has 114 valence electrons. The van der Waals surface area contributed by atoms with E-state index in [1.807, 2.05) is 0 Å². The molecule has 0 aromatic heterocycles. The Morgan fingerprint density at radius 3 is 1.14 bits per heavy atom. The van der Waals surface area contributed by atoms with Crippen LogP contribution in [-0.4, -0.2) is 23.4 Å². The highest BCUT2D eigenvalue weighted by Crippen LogP contribution is 2.39. The maximum absolute atomic E-state index is 13.9. The molecule has 0 radical (unpaired) electrons. The lowest BCUT2D eigenvalue weighted by Crippen LogP contribution is -2.52. The normalized spacial score (nSPS) is 12.0. The van der Waals surface area contributed by atoms with Gasteiger partial charge in [-0.25, -0.2) is 0 Å². The van der Waals surface area contributed by atoms with Crippen LogP contribution in [0.5, 0.6) is 0 Å². The fourth-order valence-electron chi connectivity index (χ4n) is 1.83. The van der Waals surface area contributed by atoms with Crippen molar-refractivity contribution >= 4 is 11.6 Å². The van der Waals surface area contributed by atoms with E-state index in [1.54, 1.807) is 0 Å². The molecule has 2 aromatic rings. The zero-order chi connectivity index (χ0) is 16.4. The summed E-state index contributed by atoms with van der Waals surface area (Å²) in [5.41, 5.74) is -1.18. The SMILES string of the molecule is O=C(c1ccccc1)C(F)(F)C(F)(F)C(=O)c1ccccc1. The molecule has 0 bridgehead atoms. The van der Waals surface area contributed by atoms with Gasteiger partial charge < -0.3 is 0 Å². The van der Waals surface area contributed by atoms with Crippen molar-refractivity contribution in [2.75, 3.05) is 0 Å². The number of benzene rings is 2. The van der Waals surface area contributed by atoms with Gasteiger partial charge >= 0.3 is 11.8 Å². The van der Waals surface area contributed by atoms with Crippen LogP contribution in [0.4, 0.5) is 17.6 Å². The number of carbonyl (C=O) groups is 2. The van der Waals surface area contributed by atoms with Crippen molar-refractivity contribution in [1.82, 2.24) is 0 Å². The Kier molecular flexibility index (Phi) is 4.12. The first kappa shape index (κ1) is 15.9. The predicted octanol–water partition coefficient (Wildman–Crippen LogP) is 4.02. The Balaban J connectivity index is 2.38. The summed E-state index contributed by atoms with van der Waals surface area (Å²) in [6.45, 7) is 0. The lowest BCUT2D eigenvalue weighted by Gasteiger charge is -2.24. The van der Waals surface area contributed by atoms with Gasteiger partial charge in [-0.05, 0) is 0 Å². The predicted molar refractivity (Wildman–Crippen MR) is 71.4 cm³/mol. The van der Waals surface area contributed by atoms with Gasteiger partial charge in [-0.15, -0.1) is 0 Å². The zero-order valence-corrected chi connectivity index (χ0v) is 11.1. The Bertz CT molecular complexity index is 620. The smallest absolute Gasteiger partial charge is 0.287 e. The lowest BCUT2D eigenvalue weighted by atomic mass is 9.94. The minimum atomic E-state index is -5.14. The molecule has 0 N–H and O–H groups in total. The van der Waals surface area contributed by atoms with Gasteiger partial charge in [0.2, 0.25) is 11.6 Å². The van der Waals surface area contributed by atoms with Gasteiger partial charge in [0.25, 0.3) is 0 Å². The van der Waals surface area contributed by atoms with E-state index in [9.17, 15) is 27.2 Å². The third kappa shape index (κ3) is 2.64. The van der Waals surface area contributed by atoms with Crippen LogP contribution in [0.3, 0.4) is 0 Å². The molecule has 0 amide bonds. The van der Waals surface area contributed by atoms with E-state index in [-0.39, 0.29) is 0 Å². The van der Waals surface area contributed by atoms with Crippen molar-refractivity contribution in [3.63, 3.8) is 0 Å². The van der Waals surface area contributed by atoms with Crippen molar-refractivity contribution in [2.45, 2.75) is 11.8 Å². The quantitative estimate of drug-likeness (QED) is 0.617. The Hall–Kier alpha value is -2.50. The van der Waals surface area contributed by atoms with Crippen LogP contribution >= 0.6 is 0 Å². The Labute approximate surface area is 123 Å². The van der Waals surface area contributed by atoms with E-state index < -0.39 is 34.5 Å².